The predicted octanol–water partition coefficient (Wildman–Crippen LogP) is 2.85. The van der Waals surface area contributed by atoms with E-state index in [9.17, 15) is 26.4 Å². The highest BCUT2D eigenvalue weighted by Crippen LogP contribution is 2.27. The van der Waals surface area contributed by atoms with Crippen LogP contribution in [0.3, 0.4) is 0 Å². The summed E-state index contributed by atoms with van der Waals surface area (Å²) >= 11 is 0. The van der Waals surface area contributed by atoms with Gasteiger partial charge in [0.05, 0.1) is 6.26 Å². The SMILES string of the molecule is C=C(/N=C(NCc1cccnc1N(C)S(C)(=O)=O)\C(=C/N)C(F)(F)F)Nc1cccc(C(=O)NC2CC2)c1. The molecule has 0 saturated heterocycles. The highest BCUT2D eigenvalue weighted by molar-refractivity contribution is 7.92. The van der Waals surface area contributed by atoms with Crippen LogP contribution in [0.2, 0.25) is 0 Å². The predicted molar refractivity (Wildman–Crippen MR) is 140 cm³/mol. The van der Waals surface area contributed by atoms with Crippen LogP contribution >= 0.6 is 0 Å². The number of benzene rings is 1. The molecule has 0 aliphatic heterocycles. The quantitative estimate of drug-likeness (QED) is 0.263. The van der Waals surface area contributed by atoms with Gasteiger partial charge in [-0.05, 0) is 37.1 Å². The lowest BCUT2D eigenvalue weighted by molar-refractivity contribution is -0.0865. The zero-order valence-electron chi connectivity index (χ0n) is 20.7. The van der Waals surface area contributed by atoms with Crippen LogP contribution in [0.5, 0.6) is 0 Å². The first-order valence-electron chi connectivity index (χ1n) is 11.4. The second-order valence-corrected chi connectivity index (χ2v) is 10.5. The fourth-order valence-electron chi connectivity index (χ4n) is 3.25. The van der Waals surface area contributed by atoms with Crippen LogP contribution in [-0.2, 0) is 16.6 Å². The number of aliphatic imine (C=N–C) groups is 1. The summed E-state index contributed by atoms with van der Waals surface area (Å²) in [4.78, 5) is 20.3. The molecule has 0 spiro atoms. The molecule has 1 aliphatic rings. The summed E-state index contributed by atoms with van der Waals surface area (Å²) in [5.74, 6) is -1.05. The Bertz CT molecular complexity index is 1370. The van der Waals surface area contributed by atoms with Gasteiger partial charge in [0.2, 0.25) is 10.0 Å². The average Bonchev–Trinajstić information content (AvgIpc) is 3.65. The van der Waals surface area contributed by atoms with E-state index in [0.717, 1.165) is 23.4 Å². The molecule has 10 nitrogen and oxygen atoms in total. The normalized spacial score (nSPS) is 14.6. The maximum absolute atomic E-state index is 13.7. The Kier molecular flexibility index (Phi) is 8.66. The molecule has 0 bridgehead atoms. The van der Waals surface area contributed by atoms with Gasteiger partial charge in [0.15, 0.2) is 0 Å². The Hall–Kier alpha value is -4.07. The van der Waals surface area contributed by atoms with E-state index in [1.54, 1.807) is 18.2 Å². The third-order valence-electron chi connectivity index (χ3n) is 5.41. The smallest absolute Gasteiger partial charge is 0.404 e. The number of rotatable bonds is 10. The lowest BCUT2D eigenvalue weighted by atomic mass is 10.2. The van der Waals surface area contributed by atoms with Crippen molar-refractivity contribution in [3.63, 3.8) is 0 Å². The van der Waals surface area contributed by atoms with E-state index in [1.807, 2.05) is 0 Å². The van der Waals surface area contributed by atoms with Crippen molar-refractivity contribution in [3.05, 3.63) is 77.9 Å². The average molecular weight is 552 g/mol. The van der Waals surface area contributed by atoms with E-state index in [0.29, 0.717) is 23.0 Å². The molecule has 2 aromatic rings. The Labute approximate surface area is 218 Å². The molecule has 1 aromatic carbocycles. The molecule has 0 unspecified atom stereocenters. The minimum Gasteiger partial charge on any atom is -0.404 e. The number of alkyl halides is 3. The number of carbonyl (C=O) groups excluding carboxylic acids is 1. The van der Waals surface area contributed by atoms with Gasteiger partial charge in [0.25, 0.3) is 5.91 Å². The van der Waals surface area contributed by atoms with E-state index in [-0.39, 0.29) is 30.1 Å². The van der Waals surface area contributed by atoms with Crippen molar-refractivity contribution >= 4 is 33.3 Å². The Morgan fingerprint density at radius 3 is 2.61 bits per heavy atom. The van der Waals surface area contributed by atoms with Crippen LogP contribution < -0.4 is 26.0 Å². The van der Waals surface area contributed by atoms with E-state index in [2.05, 4.69) is 32.5 Å². The highest BCUT2D eigenvalue weighted by atomic mass is 32.2. The molecule has 204 valence electrons. The largest absolute Gasteiger partial charge is 0.421 e. The second kappa shape index (κ2) is 11.5. The summed E-state index contributed by atoms with van der Waals surface area (Å²) in [5.41, 5.74) is 5.08. The number of carbonyl (C=O) groups is 1. The molecule has 38 heavy (non-hydrogen) atoms. The molecule has 3 rings (SSSR count). The van der Waals surface area contributed by atoms with Crippen LogP contribution in [0.4, 0.5) is 24.7 Å². The number of amidine groups is 1. The van der Waals surface area contributed by atoms with E-state index in [4.69, 9.17) is 5.73 Å². The van der Waals surface area contributed by atoms with E-state index in [1.165, 1.54) is 31.4 Å². The van der Waals surface area contributed by atoms with Crippen LogP contribution in [0.1, 0.15) is 28.8 Å². The Balaban J connectivity index is 1.85. The Morgan fingerprint density at radius 1 is 1.29 bits per heavy atom. The molecule has 1 heterocycles. The monoisotopic (exact) mass is 551 g/mol. The third kappa shape index (κ3) is 7.71. The van der Waals surface area contributed by atoms with Crippen molar-refractivity contribution in [2.75, 3.05) is 22.9 Å². The maximum Gasteiger partial charge on any atom is 0.421 e. The number of hydrogen-bond acceptors (Lipinski definition) is 7. The summed E-state index contributed by atoms with van der Waals surface area (Å²) in [6, 6.07) is 9.55. The van der Waals surface area contributed by atoms with Gasteiger partial charge < -0.3 is 21.7 Å². The fourth-order valence-corrected chi connectivity index (χ4v) is 3.73. The zero-order chi connectivity index (χ0) is 28.1. The zero-order valence-corrected chi connectivity index (χ0v) is 21.5. The second-order valence-electron chi connectivity index (χ2n) is 8.51. The van der Waals surface area contributed by atoms with Crippen molar-refractivity contribution in [3.8, 4) is 0 Å². The highest BCUT2D eigenvalue weighted by Gasteiger charge is 2.37. The van der Waals surface area contributed by atoms with Crippen molar-refractivity contribution < 1.29 is 26.4 Å². The number of pyridine rings is 1. The van der Waals surface area contributed by atoms with Crippen molar-refractivity contribution in [2.24, 2.45) is 10.7 Å². The summed E-state index contributed by atoms with van der Waals surface area (Å²) in [6.07, 6.45) is -0.303. The first kappa shape index (κ1) is 28.5. The number of sulfonamides is 1. The van der Waals surface area contributed by atoms with E-state index < -0.39 is 27.6 Å². The molecule has 1 saturated carbocycles. The van der Waals surface area contributed by atoms with Gasteiger partial charge in [0.1, 0.15) is 23.0 Å². The number of halogens is 3. The van der Waals surface area contributed by atoms with Crippen LogP contribution in [0, 0.1) is 0 Å². The summed E-state index contributed by atoms with van der Waals surface area (Å²) < 4.78 is 66.0. The minimum absolute atomic E-state index is 0.0328. The van der Waals surface area contributed by atoms with Crippen LogP contribution in [-0.4, -0.2) is 50.7 Å². The van der Waals surface area contributed by atoms with Gasteiger partial charge in [-0.25, -0.2) is 18.4 Å². The number of hydrogen-bond donors (Lipinski definition) is 4. The van der Waals surface area contributed by atoms with E-state index >= 15 is 0 Å². The fraction of sp³-hybridized carbons (Fsp3) is 0.292. The lowest BCUT2D eigenvalue weighted by Gasteiger charge is -2.20. The molecule has 1 aliphatic carbocycles. The first-order chi connectivity index (χ1) is 17.8. The van der Waals surface area contributed by atoms with Crippen molar-refractivity contribution in [2.45, 2.75) is 31.6 Å². The number of nitrogens with one attached hydrogen (secondary N) is 3. The standard InChI is InChI=1S/C24H28F3N7O3S/c1-15(31-19-8-4-6-16(12-19)23(35)33-18-9-10-18)32-21(20(13-28)24(25,26)27)30-14-17-7-5-11-29-22(17)34(2)38(3,36)37/h4-8,11-13,18,31H,1,9-10,14,28H2,2-3H3,(H,30,32)(H,33,35)/b20-13+. The molecule has 1 aromatic heterocycles. The molecular weight excluding hydrogens is 523 g/mol. The van der Waals surface area contributed by atoms with Crippen molar-refractivity contribution in [1.29, 1.82) is 0 Å². The summed E-state index contributed by atoms with van der Waals surface area (Å²) in [5, 5.41) is 8.20. The first-order valence-corrected chi connectivity index (χ1v) is 13.2. The van der Waals surface area contributed by atoms with Gasteiger partial charge in [-0.15, -0.1) is 0 Å². The van der Waals surface area contributed by atoms with Gasteiger partial charge >= 0.3 is 6.18 Å². The molecule has 14 heteroatoms. The summed E-state index contributed by atoms with van der Waals surface area (Å²) in [7, 11) is -2.40. The molecule has 0 radical (unpaired) electrons. The molecule has 0 atom stereocenters. The minimum atomic E-state index is -4.86. The number of amides is 1. The molecule has 5 N–H and O–H groups in total. The van der Waals surface area contributed by atoms with Gasteiger partial charge in [-0.3, -0.25) is 9.10 Å². The molecule has 1 fully saturated rings. The van der Waals surface area contributed by atoms with Gasteiger partial charge in [0, 0.05) is 48.8 Å². The number of aromatic nitrogens is 1. The third-order valence-corrected chi connectivity index (χ3v) is 6.58. The van der Waals surface area contributed by atoms with Crippen molar-refractivity contribution in [1.82, 2.24) is 15.6 Å². The van der Waals surface area contributed by atoms with Crippen LogP contribution in [0.15, 0.2) is 71.8 Å². The number of nitrogens with two attached hydrogens (primary N) is 1. The van der Waals surface area contributed by atoms with Crippen LogP contribution in [0.25, 0.3) is 0 Å². The number of nitrogens with zero attached hydrogens (tertiary/aromatic N) is 3. The topological polar surface area (TPSA) is 142 Å². The summed E-state index contributed by atoms with van der Waals surface area (Å²) in [6.45, 7) is 3.42. The maximum atomic E-state index is 13.7. The van der Waals surface area contributed by atoms with Gasteiger partial charge in [-0.2, -0.15) is 13.2 Å². The van der Waals surface area contributed by atoms with Gasteiger partial charge in [-0.1, -0.05) is 18.7 Å². The lowest BCUT2D eigenvalue weighted by Crippen LogP contribution is -2.34. The molecule has 1 amide bonds. The molecular formula is C24H28F3N7O3S. The number of anilines is 2. The Morgan fingerprint density at radius 2 is 2.00 bits per heavy atom.